The van der Waals surface area contributed by atoms with Crippen LogP contribution >= 0.6 is 0 Å². The van der Waals surface area contributed by atoms with Crippen LogP contribution in [0.2, 0.25) is 0 Å². The Bertz CT molecular complexity index is 1160. The maximum Gasteiger partial charge on any atom is 0.255 e. The van der Waals surface area contributed by atoms with Crippen molar-refractivity contribution in [2.45, 2.75) is 19.3 Å². The van der Waals surface area contributed by atoms with Crippen LogP contribution in [-0.2, 0) is 4.79 Å². The zero-order chi connectivity index (χ0) is 21.6. The number of nitrogens with one attached hydrogen (secondary N) is 1. The second-order valence-electron chi connectivity index (χ2n) is 7.31. The van der Waals surface area contributed by atoms with Gasteiger partial charge in [-0.3, -0.25) is 9.59 Å². The Hall–Kier alpha value is -4.11. The molecule has 0 aliphatic carbocycles. The Balaban J connectivity index is 1.47. The smallest absolute Gasteiger partial charge is 0.255 e. The summed E-state index contributed by atoms with van der Waals surface area (Å²) >= 11 is 0. The molecule has 0 atom stereocenters. The van der Waals surface area contributed by atoms with Gasteiger partial charge in [0.25, 0.3) is 5.91 Å². The molecule has 0 radical (unpaired) electrons. The summed E-state index contributed by atoms with van der Waals surface area (Å²) < 4.78 is 0. The van der Waals surface area contributed by atoms with Crippen molar-refractivity contribution in [3.8, 4) is 11.8 Å². The average molecular weight is 410 g/mol. The van der Waals surface area contributed by atoms with Crippen LogP contribution in [0.5, 0.6) is 0 Å². The largest absolute Gasteiger partial charge is 0.399 e. The number of nitrogens with zero attached hydrogens (tertiary/aromatic N) is 2. The highest BCUT2D eigenvalue weighted by Crippen LogP contribution is 2.22. The van der Waals surface area contributed by atoms with Crippen LogP contribution in [0.25, 0.3) is 0 Å². The first-order valence-corrected chi connectivity index (χ1v) is 10.1. The van der Waals surface area contributed by atoms with Crippen LogP contribution in [0.1, 0.15) is 40.9 Å². The number of anilines is 3. The van der Waals surface area contributed by atoms with Gasteiger partial charge in [0.15, 0.2) is 0 Å². The van der Waals surface area contributed by atoms with Crippen molar-refractivity contribution >= 4 is 28.9 Å². The molecule has 3 aromatic rings. The van der Waals surface area contributed by atoms with Crippen LogP contribution in [-0.4, -0.2) is 23.3 Å². The van der Waals surface area contributed by atoms with Gasteiger partial charge in [0.1, 0.15) is 5.69 Å². The van der Waals surface area contributed by atoms with Gasteiger partial charge in [0.2, 0.25) is 5.91 Å². The van der Waals surface area contributed by atoms with Gasteiger partial charge >= 0.3 is 0 Å². The second kappa shape index (κ2) is 9.14. The highest BCUT2D eigenvalue weighted by atomic mass is 16.2. The van der Waals surface area contributed by atoms with Crippen molar-refractivity contribution in [1.29, 1.82) is 0 Å². The number of pyridine rings is 1. The van der Waals surface area contributed by atoms with E-state index < -0.39 is 0 Å². The van der Waals surface area contributed by atoms with E-state index in [0.29, 0.717) is 34.6 Å². The Morgan fingerprint density at radius 2 is 1.87 bits per heavy atom. The van der Waals surface area contributed by atoms with Gasteiger partial charge < -0.3 is 16.0 Å². The second-order valence-corrected chi connectivity index (χ2v) is 7.31. The van der Waals surface area contributed by atoms with Crippen LogP contribution in [0, 0.1) is 11.8 Å². The number of hydrogen-bond donors (Lipinski definition) is 2. The molecule has 2 aromatic carbocycles. The maximum absolute atomic E-state index is 12.7. The van der Waals surface area contributed by atoms with E-state index in [9.17, 15) is 9.59 Å². The van der Waals surface area contributed by atoms with Gasteiger partial charge in [0.05, 0.1) is 0 Å². The predicted octanol–water partition coefficient (Wildman–Crippen LogP) is 3.83. The summed E-state index contributed by atoms with van der Waals surface area (Å²) in [5.41, 5.74) is 9.70. The molecule has 31 heavy (non-hydrogen) atoms. The number of benzene rings is 2. The number of carbonyl (C=O) groups excluding carboxylic acids is 2. The van der Waals surface area contributed by atoms with Crippen molar-refractivity contribution in [2.75, 3.05) is 22.5 Å². The molecule has 6 nitrogen and oxygen atoms in total. The third-order valence-electron chi connectivity index (χ3n) is 4.98. The molecular formula is C25H22N4O2. The molecule has 0 spiro atoms. The van der Waals surface area contributed by atoms with E-state index in [0.717, 1.165) is 25.1 Å². The number of rotatable bonds is 3. The molecule has 1 aliphatic rings. The highest BCUT2D eigenvalue weighted by molar-refractivity contribution is 6.05. The summed E-state index contributed by atoms with van der Waals surface area (Å²) in [5.74, 6) is 5.87. The molecule has 1 fully saturated rings. The lowest BCUT2D eigenvalue weighted by atomic mass is 10.1. The molecular weight excluding hydrogens is 388 g/mol. The normalized spacial score (nSPS) is 13.3. The van der Waals surface area contributed by atoms with E-state index in [-0.39, 0.29) is 11.8 Å². The zero-order valence-electron chi connectivity index (χ0n) is 17.0. The lowest BCUT2D eigenvalue weighted by molar-refractivity contribution is -0.119. The number of piperidine rings is 1. The van der Waals surface area contributed by atoms with E-state index in [4.69, 9.17) is 5.73 Å². The van der Waals surface area contributed by atoms with Crippen LogP contribution in [0.4, 0.5) is 17.1 Å². The van der Waals surface area contributed by atoms with Crippen LogP contribution in [0.3, 0.4) is 0 Å². The van der Waals surface area contributed by atoms with E-state index in [1.807, 2.05) is 18.2 Å². The molecule has 6 heteroatoms. The molecule has 1 saturated heterocycles. The third kappa shape index (κ3) is 5.09. The topological polar surface area (TPSA) is 88.3 Å². The molecule has 0 saturated carbocycles. The number of nitrogens with two attached hydrogens (primary N) is 1. The summed E-state index contributed by atoms with van der Waals surface area (Å²) in [4.78, 5) is 30.7. The monoisotopic (exact) mass is 410 g/mol. The zero-order valence-corrected chi connectivity index (χ0v) is 17.0. The van der Waals surface area contributed by atoms with E-state index in [2.05, 4.69) is 22.1 Å². The summed E-state index contributed by atoms with van der Waals surface area (Å²) in [7, 11) is 0. The first-order chi connectivity index (χ1) is 15.1. The van der Waals surface area contributed by atoms with Gasteiger partial charge in [-0.1, -0.05) is 12.0 Å². The summed E-state index contributed by atoms with van der Waals surface area (Å²) in [6, 6.07) is 17.8. The number of nitrogen functional groups attached to an aromatic ring is 1. The van der Waals surface area contributed by atoms with Crippen LogP contribution < -0.4 is 16.0 Å². The Kier molecular flexibility index (Phi) is 5.95. The number of amides is 2. The summed E-state index contributed by atoms with van der Waals surface area (Å²) in [5, 5.41) is 2.86. The Labute approximate surface area is 181 Å². The predicted molar refractivity (Wildman–Crippen MR) is 122 cm³/mol. The molecule has 154 valence electrons. The lowest BCUT2D eigenvalue weighted by Gasteiger charge is -2.26. The van der Waals surface area contributed by atoms with Gasteiger partial charge in [-0.25, -0.2) is 4.98 Å². The number of hydrogen-bond acceptors (Lipinski definition) is 4. The van der Waals surface area contributed by atoms with E-state index in [1.54, 1.807) is 53.6 Å². The molecule has 0 bridgehead atoms. The Morgan fingerprint density at radius 3 is 2.61 bits per heavy atom. The molecule has 0 unspecified atom stereocenters. The molecule has 2 heterocycles. The summed E-state index contributed by atoms with van der Waals surface area (Å²) in [6.45, 7) is 0.718. The minimum absolute atomic E-state index is 0.127. The van der Waals surface area contributed by atoms with Gasteiger partial charge in [-0.2, -0.15) is 0 Å². The van der Waals surface area contributed by atoms with Crippen molar-refractivity contribution in [2.24, 2.45) is 0 Å². The lowest BCUT2D eigenvalue weighted by Crippen LogP contribution is -2.35. The fraction of sp³-hybridized carbons (Fsp3) is 0.160. The van der Waals surface area contributed by atoms with Crippen molar-refractivity contribution < 1.29 is 9.59 Å². The average Bonchev–Trinajstić information content (AvgIpc) is 2.78. The fourth-order valence-electron chi connectivity index (χ4n) is 3.44. The minimum atomic E-state index is -0.259. The first kappa shape index (κ1) is 20.2. The third-order valence-corrected chi connectivity index (χ3v) is 4.98. The quantitative estimate of drug-likeness (QED) is 0.507. The molecule has 1 aliphatic heterocycles. The SMILES string of the molecule is Nc1cc(C#Cc2ccccn2)cc(NC(=O)c2ccc(N3CCCCC3=O)cc2)c1. The Morgan fingerprint density at radius 1 is 1.03 bits per heavy atom. The van der Waals surface area contributed by atoms with Gasteiger partial charge in [-0.05, 0) is 73.4 Å². The van der Waals surface area contributed by atoms with Gasteiger partial charge in [-0.15, -0.1) is 0 Å². The fourth-order valence-corrected chi connectivity index (χ4v) is 3.44. The van der Waals surface area contributed by atoms with Crippen molar-refractivity contribution in [1.82, 2.24) is 4.98 Å². The maximum atomic E-state index is 12.7. The minimum Gasteiger partial charge on any atom is -0.399 e. The van der Waals surface area contributed by atoms with Gasteiger partial charge in [0, 0.05) is 47.4 Å². The first-order valence-electron chi connectivity index (χ1n) is 10.1. The molecule has 2 amide bonds. The molecule has 4 rings (SSSR count). The summed E-state index contributed by atoms with van der Waals surface area (Å²) in [6.07, 6.45) is 4.18. The van der Waals surface area contributed by atoms with E-state index in [1.165, 1.54) is 0 Å². The van der Waals surface area contributed by atoms with E-state index >= 15 is 0 Å². The molecule has 1 aromatic heterocycles. The van der Waals surface area contributed by atoms with Crippen LogP contribution in [0.15, 0.2) is 66.9 Å². The highest BCUT2D eigenvalue weighted by Gasteiger charge is 2.19. The van der Waals surface area contributed by atoms with Crippen molar-refractivity contribution in [3.05, 3.63) is 83.7 Å². The number of aromatic nitrogens is 1. The molecule has 3 N–H and O–H groups in total. The number of carbonyl (C=O) groups is 2. The standard InChI is InChI=1S/C25H22N4O2/c26-20-15-18(7-10-21-5-1-3-13-27-21)16-22(17-20)28-25(31)19-8-11-23(12-9-19)29-14-4-2-6-24(29)30/h1,3,5,8-9,11-13,15-17H,2,4,6,14,26H2,(H,28,31). The van der Waals surface area contributed by atoms with Crippen molar-refractivity contribution in [3.63, 3.8) is 0 Å².